The van der Waals surface area contributed by atoms with E-state index in [0.717, 1.165) is 17.7 Å². The SMILES string of the molecule is CC1=C(CNC(=O)c2ccc(C)cc2)OC=CCC1C.[HH]. The summed E-state index contributed by atoms with van der Waals surface area (Å²) < 4.78 is 5.58. The van der Waals surface area contributed by atoms with Crippen LogP contribution in [0.2, 0.25) is 0 Å². The van der Waals surface area contributed by atoms with Crippen molar-refractivity contribution in [3.8, 4) is 0 Å². The van der Waals surface area contributed by atoms with Crippen LogP contribution in [-0.2, 0) is 4.74 Å². The highest BCUT2D eigenvalue weighted by Crippen LogP contribution is 2.22. The van der Waals surface area contributed by atoms with E-state index in [-0.39, 0.29) is 7.33 Å². The number of rotatable bonds is 3. The molecule has 0 radical (unpaired) electrons. The second-order valence-electron chi connectivity index (χ2n) is 5.28. The lowest BCUT2D eigenvalue weighted by molar-refractivity contribution is 0.0951. The van der Waals surface area contributed by atoms with Crippen LogP contribution in [0.3, 0.4) is 0 Å². The van der Waals surface area contributed by atoms with Crippen LogP contribution in [0.5, 0.6) is 0 Å². The number of aryl methyl sites for hydroxylation is 1. The molecule has 1 unspecified atom stereocenters. The van der Waals surface area contributed by atoms with Crippen LogP contribution in [0.4, 0.5) is 0 Å². The van der Waals surface area contributed by atoms with Crippen molar-refractivity contribution in [3.63, 3.8) is 0 Å². The van der Waals surface area contributed by atoms with E-state index in [1.165, 1.54) is 5.57 Å². The fourth-order valence-electron chi connectivity index (χ4n) is 2.08. The summed E-state index contributed by atoms with van der Waals surface area (Å²) in [6, 6.07) is 7.55. The topological polar surface area (TPSA) is 38.3 Å². The van der Waals surface area contributed by atoms with E-state index in [1.54, 1.807) is 6.26 Å². The van der Waals surface area contributed by atoms with Gasteiger partial charge in [-0.3, -0.25) is 4.79 Å². The average Bonchev–Trinajstić information content (AvgIpc) is 2.60. The summed E-state index contributed by atoms with van der Waals surface area (Å²) in [5.74, 6) is 1.21. The molecular formula is C17H23NO2. The highest BCUT2D eigenvalue weighted by atomic mass is 16.5. The van der Waals surface area contributed by atoms with Crippen LogP contribution in [-0.4, -0.2) is 12.5 Å². The Labute approximate surface area is 121 Å². The van der Waals surface area contributed by atoms with Gasteiger partial charge in [-0.1, -0.05) is 24.6 Å². The molecule has 1 heterocycles. The Morgan fingerprint density at radius 2 is 2.05 bits per heavy atom. The monoisotopic (exact) mass is 273 g/mol. The van der Waals surface area contributed by atoms with Crippen molar-refractivity contribution >= 4 is 5.91 Å². The summed E-state index contributed by atoms with van der Waals surface area (Å²) in [7, 11) is 0. The lowest BCUT2D eigenvalue weighted by atomic mass is 9.98. The van der Waals surface area contributed by atoms with Gasteiger partial charge in [-0.05, 0) is 50.0 Å². The molecule has 108 valence electrons. The largest absolute Gasteiger partial charge is 0.468 e. The molecule has 0 aromatic heterocycles. The predicted molar refractivity (Wildman–Crippen MR) is 82.3 cm³/mol. The van der Waals surface area contributed by atoms with Gasteiger partial charge in [-0.15, -0.1) is 0 Å². The number of nitrogens with one attached hydrogen (secondary N) is 1. The minimum atomic E-state index is -0.0743. The number of amides is 1. The minimum Gasteiger partial charge on any atom is -0.468 e. The maximum atomic E-state index is 12.1. The fourth-order valence-corrected chi connectivity index (χ4v) is 2.08. The van der Waals surface area contributed by atoms with Gasteiger partial charge < -0.3 is 10.1 Å². The van der Waals surface area contributed by atoms with Crippen molar-refractivity contribution in [3.05, 3.63) is 59.1 Å². The quantitative estimate of drug-likeness (QED) is 0.909. The summed E-state index contributed by atoms with van der Waals surface area (Å²) in [6.45, 7) is 6.65. The van der Waals surface area contributed by atoms with Crippen molar-refractivity contribution in [1.82, 2.24) is 5.32 Å². The first kappa shape index (κ1) is 14.4. The Hall–Kier alpha value is -2.03. The van der Waals surface area contributed by atoms with E-state index in [0.29, 0.717) is 18.0 Å². The third kappa shape index (κ3) is 3.50. The maximum absolute atomic E-state index is 12.1. The molecule has 1 aliphatic heterocycles. The molecule has 0 saturated heterocycles. The second kappa shape index (κ2) is 6.42. The highest BCUT2D eigenvalue weighted by molar-refractivity contribution is 5.94. The Morgan fingerprint density at radius 1 is 1.35 bits per heavy atom. The number of carbonyl (C=O) groups excluding carboxylic acids is 1. The van der Waals surface area contributed by atoms with E-state index in [1.807, 2.05) is 37.3 Å². The fraction of sp³-hybridized carbons (Fsp3) is 0.353. The molecule has 1 N–H and O–H groups in total. The summed E-state index contributed by atoms with van der Waals surface area (Å²) in [6.07, 6.45) is 4.70. The van der Waals surface area contributed by atoms with Crippen molar-refractivity contribution in [2.24, 2.45) is 5.92 Å². The zero-order chi connectivity index (χ0) is 14.5. The van der Waals surface area contributed by atoms with Gasteiger partial charge in [-0.25, -0.2) is 0 Å². The Morgan fingerprint density at radius 3 is 2.75 bits per heavy atom. The van der Waals surface area contributed by atoms with Crippen LogP contribution in [0, 0.1) is 12.8 Å². The standard InChI is InChI=1S/C17H21NO2.H2/c1-12-6-8-15(9-7-12)17(19)18-11-16-14(3)13(2)5-4-10-20-16;/h4,6-10,13H,5,11H2,1-3H3,(H,18,19);1H. The lowest BCUT2D eigenvalue weighted by Gasteiger charge is -2.14. The van der Waals surface area contributed by atoms with Crippen molar-refractivity contribution in [2.45, 2.75) is 27.2 Å². The summed E-state index contributed by atoms with van der Waals surface area (Å²) >= 11 is 0. The van der Waals surface area contributed by atoms with Gasteiger partial charge in [0.25, 0.3) is 5.91 Å². The normalized spacial score (nSPS) is 18.4. The molecule has 0 fully saturated rings. The molecule has 20 heavy (non-hydrogen) atoms. The Bertz CT molecular complexity index is 546. The van der Waals surface area contributed by atoms with Crippen LogP contribution < -0.4 is 5.32 Å². The Kier molecular flexibility index (Phi) is 4.61. The van der Waals surface area contributed by atoms with Gasteiger partial charge in [0.1, 0.15) is 5.76 Å². The average molecular weight is 273 g/mol. The Balaban J connectivity index is 0.00000220. The molecule has 0 spiro atoms. The van der Waals surface area contributed by atoms with Crippen LogP contribution >= 0.6 is 0 Å². The van der Waals surface area contributed by atoms with E-state index < -0.39 is 0 Å². The first-order valence-corrected chi connectivity index (χ1v) is 6.94. The first-order valence-electron chi connectivity index (χ1n) is 6.94. The van der Waals surface area contributed by atoms with E-state index in [9.17, 15) is 4.79 Å². The van der Waals surface area contributed by atoms with Crippen molar-refractivity contribution < 1.29 is 11.0 Å². The molecule has 1 amide bonds. The molecule has 0 aliphatic carbocycles. The molecular weight excluding hydrogens is 250 g/mol. The molecule has 1 atom stereocenters. The van der Waals surface area contributed by atoms with Crippen molar-refractivity contribution in [1.29, 1.82) is 0 Å². The molecule has 3 nitrogen and oxygen atoms in total. The van der Waals surface area contributed by atoms with Gasteiger partial charge in [0, 0.05) is 6.99 Å². The number of carbonyl (C=O) groups is 1. The summed E-state index contributed by atoms with van der Waals surface area (Å²) in [4.78, 5) is 12.1. The zero-order valence-corrected chi connectivity index (χ0v) is 12.3. The van der Waals surface area contributed by atoms with Crippen LogP contribution in [0.25, 0.3) is 0 Å². The minimum absolute atomic E-state index is 0. The van der Waals surface area contributed by atoms with Gasteiger partial charge in [0.2, 0.25) is 0 Å². The number of ether oxygens (including phenoxy) is 1. The number of benzene rings is 1. The summed E-state index contributed by atoms with van der Waals surface area (Å²) in [5, 5.41) is 2.91. The van der Waals surface area contributed by atoms with Crippen molar-refractivity contribution in [2.75, 3.05) is 6.54 Å². The second-order valence-corrected chi connectivity index (χ2v) is 5.28. The third-order valence-electron chi connectivity index (χ3n) is 3.70. The smallest absolute Gasteiger partial charge is 0.251 e. The molecule has 0 bridgehead atoms. The first-order chi connectivity index (χ1) is 9.58. The van der Waals surface area contributed by atoms with Gasteiger partial charge in [-0.2, -0.15) is 0 Å². The van der Waals surface area contributed by atoms with E-state index >= 15 is 0 Å². The highest BCUT2D eigenvalue weighted by Gasteiger charge is 2.14. The van der Waals surface area contributed by atoms with Gasteiger partial charge in [0.15, 0.2) is 0 Å². The van der Waals surface area contributed by atoms with Gasteiger partial charge >= 0.3 is 0 Å². The van der Waals surface area contributed by atoms with Crippen LogP contribution in [0.15, 0.2) is 47.9 Å². The molecule has 0 saturated carbocycles. The third-order valence-corrected chi connectivity index (χ3v) is 3.70. The predicted octanol–water partition coefficient (Wildman–Crippen LogP) is 3.81. The molecule has 3 heteroatoms. The molecule has 1 aromatic carbocycles. The lowest BCUT2D eigenvalue weighted by Crippen LogP contribution is -2.26. The number of hydrogen-bond acceptors (Lipinski definition) is 2. The number of hydrogen-bond donors (Lipinski definition) is 1. The molecule has 1 aliphatic rings. The zero-order valence-electron chi connectivity index (χ0n) is 12.3. The van der Waals surface area contributed by atoms with Gasteiger partial charge in [0.05, 0.1) is 12.8 Å². The molecule has 2 rings (SSSR count). The number of allylic oxidation sites excluding steroid dienone is 2. The van der Waals surface area contributed by atoms with E-state index in [4.69, 9.17) is 4.74 Å². The molecule has 1 aromatic rings. The summed E-state index contributed by atoms with van der Waals surface area (Å²) in [5.41, 5.74) is 3.01. The van der Waals surface area contributed by atoms with Crippen LogP contribution in [0.1, 0.15) is 37.6 Å². The maximum Gasteiger partial charge on any atom is 0.251 e. The van der Waals surface area contributed by atoms with E-state index in [2.05, 4.69) is 19.2 Å².